The smallest absolute Gasteiger partial charge is 0.410 e. The van der Waals surface area contributed by atoms with Gasteiger partial charge in [0.2, 0.25) is 5.69 Å². The molecule has 1 aromatic heterocycles. The van der Waals surface area contributed by atoms with Crippen LogP contribution in [0, 0.1) is 6.57 Å². The van der Waals surface area contributed by atoms with Crippen LogP contribution in [0.4, 0.5) is 10.5 Å². The SMILES string of the molecule is [C-]#[N+]c1ccncc1OC[C@@H]1CCN1C(=O)OC(C)(C)C. The second-order valence-electron chi connectivity index (χ2n) is 5.88. The number of likely N-dealkylation sites (tertiary alicyclic amines) is 1. The van der Waals surface area contributed by atoms with Crippen molar-refractivity contribution < 1.29 is 14.3 Å². The molecule has 0 unspecified atom stereocenters. The van der Waals surface area contributed by atoms with Gasteiger partial charge in [0.1, 0.15) is 18.0 Å². The van der Waals surface area contributed by atoms with Crippen molar-refractivity contribution in [2.45, 2.75) is 38.8 Å². The van der Waals surface area contributed by atoms with Gasteiger partial charge in [0.05, 0.1) is 18.8 Å². The number of carbonyl (C=O) groups is 1. The van der Waals surface area contributed by atoms with E-state index in [0.717, 1.165) is 6.42 Å². The van der Waals surface area contributed by atoms with Crippen LogP contribution in [0.15, 0.2) is 18.5 Å². The molecule has 1 aliphatic heterocycles. The van der Waals surface area contributed by atoms with Gasteiger partial charge in [-0.3, -0.25) is 4.98 Å². The van der Waals surface area contributed by atoms with Gasteiger partial charge >= 0.3 is 6.09 Å². The molecule has 0 bridgehead atoms. The molecule has 6 nitrogen and oxygen atoms in total. The second-order valence-corrected chi connectivity index (χ2v) is 5.88. The maximum atomic E-state index is 12.0. The monoisotopic (exact) mass is 289 g/mol. The first-order chi connectivity index (χ1) is 9.90. The summed E-state index contributed by atoms with van der Waals surface area (Å²) in [6, 6.07) is 1.59. The lowest BCUT2D eigenvalue weighted by Gasteiger charge is -2.41. The summed E-state index contributed by atoms with van der Waals surface area (Å²) in [4.78, 5) is 20.9. The number of carbonyl (C=O) groups excluding carboxylic acids is 1. The lowest BCUT2D eigenvalue weighted by atomic mass is 10.1. The summed E-state index contributed by atoms with van der Waals surface area (Å²) in [7, 11) is 0. The van der Waals surface area contributed by atoms with Crippen molar-refractivity contribution in [1.29, 1.82) is 0 Å². The van der Waals surface area contributed by atoms with Crippen LogP contribution in [-0.4, -0.2) is 40.8 Å². The Morgan fingerprint density at radius 2 is 2.33 bits per heavy atom. The van der Waals surface area contributed by atoms with E-state index in [0.29, 0.717) is 24.6 Å². The highest BCUT2D eigenvalue weighted by molar-refractivity contribution is 5.69. The molecule has 1 amide bonds. The van der Waals surface area contributed by atoms with E-state index in [2.05, 4.69) is 9.83 Å². The van der Waals surface area contributed by atoms with E-state index in [1.807, 2.05) is 20.8 Å². The summed E-state index contributed by atoms with van der Waals surface area (Å²) in [5.74, 6) is 0.448. The predicted molar refractivity (Wildman–Crippen MR) is 77.3 cm³/mol. The molecule has 1 atom stereocenters. The summed E-state index contributed by atoms with van der Waals surface area (Å²) in [6.45, 7) is 13.6. The third-order valence-electron chi connectivity index (χ3n) is 3.09. The average Bonchev–Trinajstić information content (AvgIpc) is 2.35. The molecule has 2 heterocycles. The fourth-order valence-electron chi connectivity index (χ4n) is 1.94. The summed E-state index contributed by atoms with van der Waals surface area (Å²) >= 11 is 0. The number of pyridine rings is 1. The number of amides is 1. The summed E-state index contributed by atoms with van der Waals surface area (Å²) in [6.07, 6.45) is 3.62. The van der Waals surface area contributed by atoms with Gasteiger partial charge in [0.25, 0.3) is 0 Å². The van der Waals surface area contributed by atoms with E-state index in [1.54, 1.807) is 17.2 Å². The molecule has 1 aliphatic rings. The lowest BCUT2D eigenvalue weighted by molar-refractivity contribution is -0.0141. The Balaban J connectivity index is 1.90. The molecule has 2 rings (SSSR count). The molecule has 0 radical (unpaired) electrons. The molecule has 0 aliphatic carbocycles. The average molecular weight is 289 g/mol. The Kier molecular flexibility index (Phi) is 4.32. The van der Waals surface area contributed by atoms with E-state index in [1.165, 1.54) is 6.20 Å². The summed E-state index contributed by atoms with van der Waals surface area (Å²) in [5.41, 5.74) is -0.0771. The zero-order valence-corrected chi connectivity index (χ0v) is 12.5. The maximum Gasteiger partial charge on any atom is 0.410 e. The first-order valence-corrected chi connectivity index (χ1v) is 6.84. The van der Waals surface area contributed by atoms with Crippen LogP contribution >= 0.6 is 0 Å². The molecule has 0 aromatic carbocycles. The molecule has 0 saturated carbocycles. The van der Waals surface area contributed by atoms with Crippen LogP contribution in [0.25, 0.3) is 4.85 Å². The van der Waals surface area contributed by atoms with Gasteiger partial charge in [-0.25, -0.2) is 9.64 Å². The fraction of sp³-hybridized carbons (Fsp3) is 0.533. The highest BCUT2D eigenvalue weighted by Crippen LogP contribution is 2.27. The van der Waals surface area contributed by atoms with Crippen LogP contribution in [0.2, 0.25) is 0 Å². The van der Waals surface area contributed by atoms with Crippen molar-refractivity contribution >= 4 is 11.8 Å². The maximum absolute atomic E-state index is 12.0. The predicted octanol–water partition coefficient (Wildman–Crippen LogP) is 3.02. The van der Waals surface area contributed by atoms with E-state index < -0.39 is 5.60 Å². The van der Waals surface area contributed by atoms with Crippen LogP contribution in [0.3, 0.4) is 0 Å². The van der Waals surface area contributed by atoms with Crippen molar-refractivity contribution in [3.8, 4) is 5.75 Å². The minimum Gasteiger partial charge on any atom is -0.501 e. The number of hydrogen-bond acceptors (Lipinski definition) is 4. The quantitative estimate of drug-likeness (QED) is 0.803. The topological polar surface area (TPSA) is 56.0 Å². The van der Waals surface area contributed by atoms with E-state index >= 15 is 0 Å². The van der Waals surface area contributed by atoms with Gasteiger partial charge in [-0.2, -0.15) is 0 Å². The molecule has 1 aromatic rings. The Labute approximate surface area is 124 Å². The Morgan fingerprint density at radius 3 is 2.90 bits per heavy atom. The molecule has 6 heteroatoms. The third kappa shape index (κ3) is 3.85. The Morgan fingerprint density at radius 1 is 1.57 bits per heavy atom. The zero-order valence-electron chi connectivity index (χ0n) is 12.5. The minimum absolute atomic E-state index is 0.0151. The highest BCUT2D eigenvalue weighted by Gasteiger charge is 2.35. The number of rotatable bonds is 3. The van der Waals surface area contributed by atoms with Crippen molar-refractivity contribution in [1.82, 2.24) is 9.88 Å². The minimum atomic E-state index is -0.501. The molecule has 0 spiro atoms. The van der Waals surface area contributed by atoms with E-state index in [9.17, 15) is 4.79 Å². The van der Waals surface area contributed by atoms with Crippen LogP contribution in [0.1, 0.15) is 27.2 Å². The first-order valence-electron chi connectivity index (χ1n) is 6.84. The fourth-order valence-corrected chi connectivity index (χ4v) is 1.94. The Bertz CT molecular complexity index is 560. The van der Waals surface area contributed by atoms with E-state index in [4.69, 9.17) is 16.0 Å². The number of ether oxygens (including phenoxy) is 2. The van der Waals surface area contributed by atoms with Crippen molar-refractivity contribution in [3.63, 3.8) is 0 Å². The largest absolute Gasteiger partial charge is 0.501 e. The molecule has 112 valence electrons. The second kappa shape index (κ2) is 6.00. The van der Waals surface area contributed by atoms with Crippen LogP contribution in [0.5, 0.6) is 5.75 Å². The molecule has 21 heavy (non-hydrogen) atoms. The Hall–Kier alpha value is -2.29. The molecular weight excluding hydrogens is 270 g/mol. The number of hydrogen-bond donors (Lipinski definition) is 0. The molecule has 1 fully saturated rings. The van der Waals surface area contributed by atoms with Crippen molar-refractivity contribution in [2.75, 3.05) is 13.2 Å². The summed E-state index contributed by atoms with van der Waals surface area (Å²) in [5, 5.41) is 0. The lowest BCUT2D eigenvalue weighted by Crippen LogP contribution is -2.55. The summed E-state index contributed by atoms with van der Waals surface area (Å²) < 4.78 is 11.0. The van der Waals surface area contributed by atoms with Crippen molar-refractivity contribution in [2.24, 2.45) is 0 Å². The highest BCUT2D eigenvalue weighted by atomic mass is 16.6. The van der Waals surface area contributed by atoms with Crippen molar-refractivity contribution in [3.05, 3.63) is 29.9 Å². The first kappa shape index (κ1) is 15.1. The number of aromatic nitrogens is 1. The number of nitrogens with zero attached hydrogens (tertiary/aromatic N) is 3. The van der Waals surface area contributed by atoms with Gasteiger partial charge in [0.15, 0.2) is 0 Å². The zero-order chi connectivity index (χ0) is 15.5. The molecule has 1 saturated heterocycles. The normalized spacial score (nSPS) is 17.6. The van der Waals surface area contributed by atoms with Gasteiger partial charge in [-0.05, 0) is 33.3 Å². The van der Waals surface area contributed by atoms with Crippen LogP contribution < -0.4 is 4.74 Å². The van der Waals surface area contributed by atoms with Crippen LogP contribution in [-0.2, 0) is 4.74 Å². The van der Waals surface area contributed by atoms with Gasteiger partial charge in [-0.15, -0.1) is 0 Å². The standard InChI is InChI=1S/C15H19N3O3/c1-15(2,3)21-14(19)18-8-6-11(18)10-20-13-9-17-7-5-12(13)16-4/h5,7,9,11H,6,8,10H2,1-3H3/t11-/m0/s1. The molecule has 0 N–H and O–H groups in total. The van der Waals surface area contributed by atoms with Gasteiger partial charge in [0, 0.05) is 12.7 Å². The van der Waals surface area contributed by atoms with Gasteiger partial charge < -0.3 is 14.4 Å². The third-order valence-corrected chi connectivity index (χ3v) is 3.09. The molecular formula is C15H19N3O3. The van der Waals surface area contributed by atoms with Gasteiger partial charge in [-0.1, -0.05) is 0 Å². The van der Waals surface area contributed by atoms with E-state index in [-0.39, 0.29) is 12.1 Å².